The number of anilines is 1. The van der Waals surface area contributed by atoms with E-state index in [1.807, 2.05) is 25.9 Å². The zero-order chi connectivity index (χ0) is 14.5. The molecule has 0 saturated carbocycles. The SMILES string of the molecule is CC(CCN(C)C)NS(=O)(=O)Cc1ccc(N)cc1. The average Bonchev–Trinajstić information content (AvgIpc) is 2.28. The van der Waals surface area contributed by atoms with Gasteiger partial charge in [0.15, 0.2) is 0 Å². The summed E-state index contributed by atoms with van der Waals surface area (Å²) in [6, 6.07) is 6.82. The summed E-state index contributed by atoms with van der Waals surface area (Å²) < 4.78 is 26.7. The molecule has 0 aliphatic heterocycles. The number of nitrogens with zero attached hydrogens (tertiary/aromatic N) is 1. The fraction of sp³-hybridized carbons (Fsp3) is 0.538. The van der Waals surface area contributed by atoms with Gasteiger partial charge in [-0.1, -0.05) is 12.1 Å². The lowest BCUT2D eigenvalue weighted by atomic mass is 10.2. The van der Waals surface area contributed by atoms with Crippen LogP contribution in [0.2, 0.25) is 0 Å². The van der Waals surface area contributed by atoms with E-state index in [1.54, 1.807) is 24.3 Å². The van der Waals surface area contributed by atoms with Gasteiger partial charge < -0.3 is 10.6 Å². The third kappa shape index (κ3) is 6.56. The molecule has 6 heteroatoms. The number of nitrogen functional groups attached to an aromatic ring is 1. The zero-order valence-corrected chi connectivity index (χ0v) is 12.6. The van der Waals surface area contributed by atoms with Gasteiger partial charge in [0, 0.05) is 11.7 Å². The average molecular weight is 285 g/mol. The highest BCUT2D eigenvalue weighted by atomic mass is 32.2. The minimum atomic E-state index is -3.30. The Kier molecular flexibility index (Phi) is 5.78. The lowest BCUT2D eigenvalue weighted by molar-refractivity contribution is 0.379. The molecule has 0 saturated heterocycles. The molecule has 0 aliphatic carbocycles. The maximum Gasteiger partial charge on any atom is 0.216 e. The third-order valence-electron chi connectivity index (χ3n) is 2.73. The van der Waals surface area contributed by atoms with Gasteiger partial charge in [0.1, 0.15) is 0 Å². The summed E-state index contributed by atoms with van der Waals surface area (Å²) in [6.07, 6.45) is 0.786. The van der Waals surface area contributed by atoms with E-state index in [-0.39, 0.29) is 11.8 Å². The molecular weight excluding hydrogens is 262 g/mol. The van der Waals surface area contributed by atoms with Crippen LogP contribution in [0.25, 0.3) is 0 Å². The first kappa shape index (κ1) is 15.9. The van der Waals surface area contributed by atoms with Crippen molar-refractivity contribution in [1.82, 2.24) is 9.62 Å². The van der Waals surface area contributed by atoms with Crippen LogP contribution in [0.3, 0.4) is 0 Å². The molecule has 19 heavy (non-hydrogen) atoms. The second-order valence-corrected chi connectivity index (χ2v) is 6.87. The van der Waals surface area contributed by atoms with E-state index in [0.29, 0.717) is 5.69 Å². The molecule has 3 N–H and O–H groups in total. The van der Waals surface area contributed by atoms with Crippen molar-refractivity contribution in [2.24, 2.45) is 0 Å². The Labute approximate surface area is 115 Å². The van der Waals surface area contributed by atoms with Crippen molar-refractivity contribution in [2.75, 3.05) is 26.4 Å². The topological polar surface area (TPSA) is 75.4 Å². The first-order valence-electron chi connectivity index (χ1n) is 6.27. The van der Waals surface area contributed by atoms with Crippen molar-refractivity contribution in [3.05, 3.63) is 29.8 Å². The number of nitrogens with two attached hydrogens (primary N) is 1. The van der Waals surface area contributed by atoms with Gasteiger partial charge in [-0.05, 0) is 51.7 Å². The van der Waals surface area contributed by atoms with E-state index in [2.05, 4.69) is 4.72 Å². The van der Waals surface area contributed by atoms with Crippen LogP contribution >= 0.6 is 0 Å². The summed E-state index contributed by atoms with van der Waals surface area (Å²) in [7, 11) is 0.632. The number of nitrogens with one attached hydrogen (secondary N) is 1. The molecule has 5 nitrogen and oxygen atoms in total. The van der Waals surface area contributed by atoms with Crippen LogP contribution in [0.5, 0.6) is 0 Å². The van der Waals surface area contributed by atoms with Crippen LogP contribution in [-0.4, -0.2) is 40.0 Å². The minimum Gasteiger partial charge on any atom is -0.399 e. The van der Waals surface area contributed by atoms with Crippen LogP contribution in [0.4, 0.5) is 5.69 Å². The Morgan fingerprint density at radius 3 is 2.37 bits per heavy atom. The number of hydrogen-bond acceptors (Lipinski definition) is 4. The van der Waals surface area contributed by atoms with Gasteiger partial charge in [0.25, 0.3) is 0 Å². The Morgan fingerprint density at radius 2 is 1.84 bits per heavy atom. The van der Waals surface area contributed by atoms with E-state index in [1.165, 1.54) is 0 Å². The highest BCUT2D eigenvalue weighted by molar-refractivity contribution is 7.88. The van der Waals surface area contributed by atoms with Gasteiger partial charge in [0.2, 0.25) is 10.0 Å². The van der Waals surface area contributed by atoms with E-state index in [9.17, 15) is 8.42 Å². The molecule has 0 bridgehead atoms. The van der Waals surface area contributed by atoms with Crippen LogP contribution < -0.4 is 10.5 Å². The Balaban J connectivity index is 2.54. The molecule has 0 radical (unpaired) electrons. The number of sulfonamides is 1. The molecule has 0 heterocycles. The summed E-state index contributed by atoms with van der Waals surface area (Å²) in [6.45, 7) is 2.73. The molecule has 108 valence electrons. The van der Waals surface area contributed by atoms with Gasteiger partial charge in [0.05, 0.1) is 5.75 Å². The molecule has 0 aliphatic rings. The molecule has 1 rings (SSSR count). The standard InChI is InChI=1S/C13H23N3O2S/c1-11(8-9-16(2)3)15-19(17,18)10-12-4-6-13(14)7-5-12/h4-7,11,15H,8-10,14H2,1-3H3. The zero-order valence-electron chi connectivity index (χ0n) is 11.8. The van der Waals surface area contributed by atoms with Crippen molar-refractivity contribution in [3.8, 4) is 0 Å². The highest BCUT2D eigenvalue weighted by Crippen LogP contribution is 2.09. The third-order valence-corrected chi connectivity index (χ3v) is 4.20. The van der Waals surface area contributed by atoms with E-state index in [4.69, 9.17) is 5.73 Å². The van der Waals surface area contributed by atoms with Gasteiger partial charge in [-0.15, -0.1) is 0 Å². The van der Waals surface area contributed by atoms with Crippen molar-refractivity contribution in [3.63, 3.8) is 0 Å². The molecule has 0 amide bonds. The molecular formula is C13H23N3O2S. The van der Waals surface area contributed by atoms with Crippen molar-refractivity contribution in [1.29, 1.82) is 0 Å². The fourth-order valence-corrected chi connectivity index (χ4v) is 3.14. The molecule has 0 fully saturated rings. The summed E-state index contributed by atoms with van der Waals surface area (Å²) in [5.74, 6) is -0.0143. The minimum absolute atomic E-state index is 0.0143. The summed E-state index contributed by atoms with van der Waals surface area (Å²) in [5.41, 5.74) is 6.94. The molecule has 1 unspecified atom stereocenters. The number of hydrogen-bond donors (Lipinski definition) is 2. The van der Waals surface area contributed by atoms with E-state index >= 15 is 0 Å². The van der Waals surface area contributed by atoms with E-state index < -0.39 is 10.0 Å². The highest BCUT2D eigenvalue weighted by Gasteiger charge is 2.15. The fourth-order valence-electron chi connectivity index (χ4n) is 1.69. The van der Waals surface area contributed by atoms with Crippen LogP contribution in [0.1, 0.15) is 18.9 Å². The molecule has 1 aromatic carbocycles. The van der Waals surface area contributed by atoms with Gasteiger partial charge >= 0.3 is 0 Å². The normalized spacial score (nSPS) is 13.7. The summed E-state index contributed by atoms with van der Waals surface area (Å²) >= 11 is 0. The smallest absolute Gasteiger partial charge is 0.216 e. The monoisotopic (exact) mass is 285 g/mol. The van der Waals surface area contributed by atoms with Gasteiger partial charge in [-0.3, -0.25) is 0 Å². The second-order valence-electron chi connectivity index (χ2n) is 5.11. The molecule has 1 atom stereocenters. The largest absolute Gasteiger partial charge is 0.399 e. The lowest BCUT2D eigenvalue weighted by Crippen LogP contribution is -2.35. The Morgan fingerprint density at radius 1 is 1.26 bits per heavy atom. The maximum atomic E-state index is 12.0. The van der Waals surface area contributed by atoms with Crippen molar-refractivity contribution in [2.45, 2.75) is 25.1 Å². The Bertz CT molecular complexity index is 483. The lowest BCUT2D eigenvalue weighted by Gasteiger charge is -2.16. The van der Waals surface area contributed by atoms with Crippen LogP contribution in [-0.2, 0) is 15.8 Å². The first-order chi connectivity index (χ1) is 8.78. The molecule has 0 aromatic heterocycles. The maximum absolute atomic E-state index is 12.0. The van der Waals surface area contributed by atoms with E-state index in [0.717, 1.165) is 18.5 Å². The predicted molar refractivity (Wildman–Crippen MR) is 79.2 cm³/mol. The number of rotatable bonds is 7. The second kappa shape index (κ2) is 6.88. The van der Waals surface area contributed by atoms with Crippen molar-refractivity contribution >= 4 is 15.7 Å². The molecule has 0 spiro atoms. The predicted octanol–water partition coefficient (Wildman–Crippen LogP) is 1.03. The van der Waals surface area contributed by atoms with Gasteiger partial charge in [-0.2, -0.15) is 0 Å². The summed E-state index contributed by atoms with van der Waals surface area (Å²) in [5, 5.41) is 0. The van der Waals surface area contributed by atoms with Gasteiger partial charge in [-0.25, -0.2) is 13.1 Å². The summed E-state index contributed by atoms with van der Waals surface area (Å²) in [4.78, 5) is 2.03. The quantitative estimate of drug-likeness (QED) is 0.734. The van der Waals surface area contributed by atoms with Crippen LogP contribution in [0, 0.1) is 0 Å². The number of benzene rings is 1. The Hall–Kier alpha value is -1.11. The van der Waals surface area contributed by atoms with Crippen LogP contribution in [0.15, 0.2) is 24.3 Å². The molecule has 1 aromatic rings. The van der Waals surface area contributed by atoms with Crippen molar-refractivity contribution < 1.29 is 8.42 Å². The first-order valence-corrected chi connectivity index (χ1v) is 7.93.